The van der Waals surface area contributed by atoms with E-state index in [1.165, 1.54) is 11.9 Å². The van der Waals surface area contributed by atoms with Gasteiger partial charge in [-0.15, -0.1) is 0 Å². The van der Waals surface area contributed by atoms with Crippen molar-refractivity contribution in [1.82, 2.24) is 20.1 Å². The Balaban J connectivity index is 1.47. The largest absolute Gasteiger partial charge is 0.481 e. The van der Waals surface area contributed by atoms with Crippen molar-refractivity contribution in [3.8, 4) is 0 Å². The molecule has 1 aromatic heterocycles. The van der Waals surface area contributed by atoms with Crippen LogP contribution in [0, 0.1) is 62.6 Å². The Bertz CT molecular complexity index is 1520. The number of hydrogen-bond donors (Lipinski definition) is 3. The van der Waals surface area contributed by atoms with Crippen LogP contribution >= 0.6 is 0 Å². The highest BCUT2D eigenvalue weighted by atomic mass is 16.5. The van der Waals surface area contributed by atoms with Crippen LogP contribution in [-0.2, 0) is 14.3 Å². The molecule has 4 N–H and O–H groups in total. The van der Waals surface area contributed by atoms with Crippen LogP contribution in [0.25, 0.3) is 0 Å². The first-order valence-corrected chi connectivity index (χ1v) is 19.3. The van der Waals surface area contributed by atoms with Gasteiger partial charge in [0.25, 0.3) is 5.91 Å². The van der Waals surface area contributed by atoms with E-state index in [9.17, 15) is 14.7 Å². The van der Waals surface area contributed by atoms with Crippen molar-refractivity contribution in [2.45, 2.75) is 125 Å². The zero-order chi connectivity index (χ0) is 36.8. The highest BCUT2D eigenvalue weighted by Crippen LogP contribution is 2.75. The van der Waals surface area contributed by atoms with Crippen molar-refractivity contribution in [2.24, 2.45) is 68.3 Å². The predicted molar refractivity (Wildman–Crippen MR) is 193 cm³/mol. The van der Waals surface area contributed by atoms with E-state index in [1.54, 1.807) is 4.68 Å². The SMILES string of the molecule is CN[C@@](C)(CO[C@H]1[C@H](n2ncnc2C(N)=O)C[C@@]23COC[C@]1(C)[C@@H]2CCC1C3=CC[C@@]2(C)[C@H](C(=O)O)[C@@](C)([C@H](C)C(C)C)CC[C@]12C)C(C)C. The lowest BCUT2D eigenvalue weighted by molar-refractivity contribution is -0.253. The number of carbonyl (C=O) groups excluding carboxylic acids is 1. The van der Waals surface area contributed by atoms with Crippen LogP contribution in [0.3, 0.4) is 0 Å². The van der Waals surface area contributed by atoms with Crippen LogP contribution in [-0.4, -0.2) is 70.3 Å². The molecule has 0 spiro atoms. The second-order valence-corrected chi connectivity index (χ2v) is 19.1. The number of carboxylic acid groups (broad SMARTS) is 1. The third-order valence-electron chi connectivity index (χ3n) is 16.6. The first kappa shape index (κ1) is 37.5. The Kier molecular flexibility index (Phi) is 9.29. The average molecular weight is 696 g/mol. The molecule has 2 heterocycles. The predicted octanol–water partition coefficient (Wildman–Crippen LogP) is 6.53. The summed E-state index contributed by atoms with van der Waals surface area (Å²) in [5.74, 6) is 0.00819. The van der Waals surface area contributed by atoms with Crippen LogP contribution < -0.4 is 11.1 Å². The number of ether oxygens (including phenoxy) is 2. The van der Waals surface area contributed by atoms with Crippen LogP contribution in [0.2, 0.25) is 0 Å². The number of aliphatic carboxylic acids is 1. The smallest absolute Gasteiger partial charge is 0.307 e. The molecular weight excluding hydrogens is 630 g/mol. The normalized spacial score (nSPS) is 42.9. The molecule has 5 aliphatic rings. The van der Waals surface area contributed by atoms with Crippen molar-refractivity contribution < 1.29 is 24.2 Å². The quantitative estimate of drug-likeness (QED) is 0.235. The molecule has 1 aliphatic heterocycles. The van der Waals surface area contributed by atoms with E-state index in [1.807, 2.05) is 7.05 Å². The molecule has 12 atom stereocenters. The summed E-state index contributed by atoms with van der Waals surface area (Å²) in [5, 5.41) is 19.2. The molecule has 2 bridgehead atoms. The van der Waals surface area contributed by atoms with E-state index in [2.05, 4.69) is 90.7 Å². The van der Waals surface area contributed by atoms with Gasteiger partial charge in [-0.05, 0) is 98.3 Å². The molecule has 3 saturated carbocycles. The minimum Gasteiger partial charge on any atom is -0.481 e. The number of primary amides is 1. The van der Waals surface area contributed by atoms with Gasteiger partial charge in [0.05, 0.1) is 37.9 Å². The third-order valence-corrected chi connectivity index (χ3v) is 16.6. The standard InChI is InChI=1S/C40H65N5O5/c1-23(2)25(5)35(6)16-17-37(8)26-12-13-29-36(7)19-49-21-40(29,27(26)14-15-38(37,9)30(35)34(47)48)18-28(45-33(32(41)46)43-22-44-45)31(36)50-20-39(10,42-11)24(3)4/h14,22-26,28-31,42H,12-13,15-21H2,1-11H3,(H2,41,46)(H,47,48)/t25-,26?,28-,29+,30-,31+,35-,36-,37-,38+,39+,40+/m1/s1. The van der Waals surface area contributed by atoms with Gasteiger partial charge in [0.1, 0.15) is 6.33 Å². The summed E-state index contributed by atoms with van der Waals surface area (Å²) in [5.41, 5.74) is 5.53. The number of nitrogens with one attached hydrogen (secondary N) is 1. The van der Waals surface area contributed by atoms with Crippen molar-refractivity contribution in [3.63, 3.8) is 0 Å². The molecule has 10 nitrogen and oxygen atoms in total. The van der Waals surface area contributed by atoms with E-state index in [4.69, 9.17) is 15.2 Å². The van der Waals surface area contributed by atoms with Crippen molar-refractivity contribution in [3.05, 3.63) is 23.8 Å². The molecule has 10 heteroatoms. The maximum absolute atomic E-state index is 13.5. The third kappa shape index (κ3) is 5.03. The van der Waals surface area contributed by atoms with Gasteiger partial charge in [0.15, 0.2) is 0 Å². The molecule has 1 unspecified atom stereocenters. The number of likely N-dealkylation sites (N-methyl/N-ethyl adjacent to an activating group) is 1. The number of amides is 1. The fourth-order valence-electron chi connectivity index (χ4n) is 12.6. The minimum absolute atomic E-state index is 0.154. The molecule has 1 aromatic rings. The molecule has 4 aliphatic carbocycles. The molecule has 1 saturated heterocycles. The maximum atomic E-state index is 13.5. The summed E-state index contributed by atoms with van der Waals surface area (Å²) in [6.07, 6.45) is 8.97. The summed E-state index contributed by atoms with van der Waals surface area (Å²) >= 11 is 0. The van der Waals surface area contributed by atoms with Crippen LogP contribution in [0.5, 0.6) is 0 Å². The van der Waals surface area contributed by atoms with Gasteiger partial charge in [-0.3, -0.25) is 9.59 Å². The molecule has 4 fully saturated rings. The highest BCUT2D eigenvalue weighted by molar-refractivity contribution is 5.89. The van der Waals surface area contributed by atoms with Crippen molar-refractivity contribution >= 4 is 11.9 Å². The van der Waals surface area contributed by atoms with Gasteiger partial charge in [-0.2, -0.15) is 5.10 Å². The Morgan fingerprint density at radius 2 is 1.82 bits per heavy atom. The number of fused-ring (bicyclic) bond motifs is 3. The minimum atomic E-state index is -0.649. The summed E-state index contributed by atoms with van der Waals surface area (Å²) in [6.45, 7) is 24.3. The number of allylic oxidation sites excluding steroid dienone is 1. The Labute approximate surface area is 300 Å². The van der Waals surface area contributed by atoms with Crippen molar-refractivity contribution in [1.29, 1.82) is 0 Å². The van der Waals surface area contributed by atoms with Crippen LogP contribution in [0.4, 0.5) is 0 Å². The fourth-order valence-corrected chi connectivity index (χ4v) is 12.6. The molecule has 1 amide bonds. The summed E-state index contributed by atoms with van der Waals surface area (Å²) in [6, 6.07) is -0.285. The van der Waals surface area contributed by atoms with Gasteiger partial charge >= 0.3 is 5.97 Å². The summed E-state index contributed by atoms with van der Waals surface area (Å²) < 4.78 is 15.6. The second-order valence-electron chi connectivity index (χ2n) is 19.1. The molecule has 6 rings (SSSR count). The topological polar surface area (TPSA) is 142 Å². The lowest BCUT2D eigenvalue weighted by Gasteiger charge is -2.71. The van der Waals surface area contributed by atoms with Gasteiger partial charge in [-0.1, -0.05) is 74.0 Å². The summed E-state index contributed by atoms with van der Waals surface area (Å²) in [7, 11) is 1.98. The molecule has 0 aromatic carbocycles. The van der Waals surface area contributed by atoms with E-state index in [0.29, 0.717) is 44.0 Å². The van der Waals surface area contributed by atoms with E-state index in [-0.39, 0.29) is 57.0 Å². The van der Waals surface area contributed by atoms with E-state index >= 15 is 0 Å². The monoisotopic (exact) mass is 695 g/mol. The molecule has 280 valence electrons. The van der Waals surface area contributed by atoms with Gasteiger partial charge < -0.3 is 25.6 Å². The first-order chi connectivity index (χ1) is 23.3. The number of nitrogens with zero attached hydrogens (tertiary/aromatic N) is 3. The van der Waals surface area contributed by atoms with Gasteiger partial charge in [-0.25, -0.2) is 9.67 Å². The molecular formula is C40H65N5O5. The molecule has 0 radical (unpaired) electrons. The number of aromatic nitrogens is 3. The van der Waals surface area contributed by atoms with Crippen molar-refractivity contribution in [2.75, 3.05) is 26.9 Å². The van der Waals surface area contributed by atoms with Crippen LogP contribution in [0.15, 0.2) is 18.0 Å². The first-order valence-electron chi connectivity index (χ1n) is 19.3. The maximum Gasteiger partial charge on any atom is 0.307 e. The Morgan fingerprint density at radius 1 is 1.12 bits per heavy atom. The number of nitrogens with two attached hydrogens (primary N) is 1. The zero-order valence-electron chi connectivity index (χ0n) is 32.6. The van der Waals surface area contributed by atoms with Crippen LogP contribution in [0.1, 0.15) is 124 Å². The van der Waals surface area contributed by atoms with E-state index < -0.39 is 23.2 Å². The second kappa shape index (κ2) is 12.4. The van der Waals surface area contributed by atoms with E-state index in [0.717, 1.165) is 32.1 Å². The number of rotatable bonds is 10. The van der Waals surface area contributed by atoms with Gasteiger partial charge in [0, 0.05) is 16.4 Å². The number of carbonyl (C=O) groups is 2. The summed E-state index contributed by atoms with van der Waals surface area (Å²) in [4.78, 5) is 30.6. The highest BCUT2D eigenvalue weighted by Gasteiger charge is 2.72. The van der Waals surface area contributed by atoms with Gasteiger partial charge in [0.2, 0.25) is 5.82 Å². The lowest BCUT2D eigenvalue weighted by atomic mass is 9.34. The number of hydrogen-bond acceptors (Lipinski definition) is 7. The Hall–Kier alpha value is -2.30. The molecule has 50 heavy (non-hydrogen) atoms. The lowest BCUT2D eigenvalue weighted by Crippen LogP contribution is -2.69. The zero-order valence-corrected chi connectivity index (χ0v) is 32.6. The fraction of sp³-hybridized carbons (Fsp3) is 0.850. The average Bonchev–Trinajstić information content (AvgIpc) is 3.54. The Morgan fingerprint density at radius 3 is 2.42 bits per heavy atom. The number of carboxylic acids is 1.